The first kappa shape index (κ1) is 16.2. The Kier molecular flexibility index (Phi) is 4.84. The number of nitrogens with zero attached hydrogens (tertiary/aromatic N) is 1. The molecule has 118 valence electrons. The molecule has 8 nitrogen and oxygen atoms in total. The zero-order chi connectivity index (χ0) is 15.5. The molecule has 0 spiro atoms. The second kappa shape index (κ2) is 6.28. The highest BCUT2D eigenvalue weighted by atomic mass is 32.2. The molecule has 1 heterocycles. The molecule has 10 heteroatoms. The Morgan fingerprint density at radius 1 is 1.14 bits per heavy atom. The number of piperazine rings is 1. The fourth-order valence-electron chi connectivity index (χ4n) is 1.94. The van der Waals surface area contributed by atoms with Gasteiger partial charge in [-0.05, 0) is 25.2 Å². The van der Waals surface area contributed by atoms with E-state index in [0.29, 0.717) is 26.2 Å². The summed E-state index contributed by atoms with van der Waals surface area (Å²) in [6.45, 7) is 1.94. The molecule has 0 aliphatic carbocycles. The highest BCUT2D eigenvalue weighted by Gasteiger charge is 2.24. The molecule has 1 aliphatic heterocycles. The van der Waals surface area contributed by atoms with E-state index in [1.165, 1.54) is 35.6 Å². The van der Waals surface area contributed by atoms with Crippen LogP contribution >= 0.6 is 0 Å². The molecule has 0 saturated carbocycles. The van der Waals surface area contributed by atoms with Crippen molar-refractivity contribution in [1.29, 1.82) is 0 Å². The van der Waals surface area contributed by atoms with Gasteiger partial charge in [0.15, 0.2) is 0 Å². The molecule has 1 saturated heterocycles. The molecule has 0 bridgehead atoms. The summed E-state index contributed by atoms with van der Waals surface area (Å²) in [5.74, 6) is 0. The first-order valence-corrected chi connectivity index (χ1v) is 9.30. The van der Waals surface area contributed by atoms with Crippen LogP contribution in [0.2, 0.25) is 0 Å². The summed E-state index contributed by atoms with van der Waals surface area (Å²) in [5, 5.41) is 3.07. The smallest absolute Gasteiger partial charge is 0.301 e. The minimum atomic E-state index is -3.68. The third kappa shape index (κ3) is 3.92. The van der Waals surface area contributed by atoms with Crippen LogP contribution < -0.4 is 14.8 Å². The molecule has 3 N–H and O–H groups in total. The second-order valence-electron chi connectivity index (χ2n) is 4.49. The van der Waals surface area contributed by atoms with Gasteiger partial charge in [-0.15, -0.1) is 0 Å². The van der Waals surface area contributed by atoms with Crippen molar-refractivity contribution in [3.63, 3.8) is 0 Å². The quantitative estimate of drug-likeness (QED) is 0.650. The van der Waals surface area contributed by atoms with Crippen molar-refractivity contribution in [1.82, 2.24) is 14.3 Å². The van der Waals surface area contributed by atoms with Crippen molar-refractivity contribution in [2.45, 2.75) is 4.90 Å². The number of nitrogens with one attached hydrogen (secondary N) is 3. The highest BCUT2D eigenvalue weighted by molar-refractivity contribution is 7.90. The molecule has 0 amide bonds. The maximum absolute atomic E-state index is 12.2. The second-order valence-corrected chi connectivity index (χ2v) is 8.05. The first-order valence-electron chi connectivity index (χ1n) is 6.37. The number of hydrogen-bond acceptors (Lipinski definition) is 5. The van der Waals surface area contributed by atoms with Crippen LogP contribution in [0.3, 0.4) is 0 Å². The Hall–Kier alpha value is -1.20. The summed E-state index contributed by atoms with van der Waals surface area (Å²) in [6, 6.07) is 5.67. The van der Waals surface area contributed by atoms with Crippen molar-refractivity contribution in [2.24, 2.45) is 0 Å². The topological polar surface area (TPSA) is 108 Å². The molecule has 1 fully saturated rings. The summed E-state index contributed by atoms with van der Waals surface area (Å²) >= 11 is 0. The van der Waals surface area contributed by atoms with Crippen molar-refractivity contribution in [3.8, 4) is 0 Å². The van der Waals surface area contributed by atoms with Gasteiger partial charge in [-0.1, -0.05) is 6.07 Å². The van der Waals surface area contributed by atoms with E-state index in [4.69, 9.17) is 0 Å². The van der Waals surface area contributed by atoms with Gasteiger partial charge in [-0.3, -0.25) is 4.72 Å². The third-order valence-electron chi connectivity index (χ3n) is 3.08. The van der Waals surface area contributed by atoms with Gasteiger partial charge < -0.3 is 5.32 Å². The molecule has 1 aromatic rings. The lowest BCUT2D eigenvalue weighted by Crippen LogP contribution is -2.48. The van der Waals surface area contributed by atoms with Crippen LogP contribution in [0.4, 0.5) is 5.69 Å². The lowest BCUT2D eigenvalue weighted by Gasteiger charge is -2.26. The number of benzene rings is 1. The predicted molar refractivity (Wildman–Crippen MR) is 79.7 cm³/mol. The molecule has 0 atom stereocenters. The average molecular weight is 334 g/mol. The van der Waals surface area contributed by atoms with E-state index in [2.05, 4.69) is 14.8 Å². The van der Waals surface area contributed by atoms with Crippen molar-refractivity contribution in [3.05, 3.63) is 24.3 Å². The standard InChI is InChI=1S/C11H18N4O4S2/c1-12-20(16,17)11-4-2-3-10(9-11)14-21(18,19)15-7-5-13-6-8-15/h2-4,9,12-14H,5-8H2,1H3. The van der Waals surface area contributed by atoms with Crippen LogP contribution in [0.25, 0.3) is 0 Å². The summed E-state index contributed by atoms with van der Waals surface area (Å²) in [5.41, 5.74) is 0.213. The molecule has 0 radical (unpaired) electrons. The lowest BCUT2D eigenvalue weighted by molar-refractivity contribution is 0.362. The summed E-state index contributed by atoms with van der Waals surface area (Å²) < 4.78 is 53.8. The monoisotopic (exact) mass is 334 g/mol. The van der Waals surface area contributed by atoms with E-state index in [1.807, 2.05) is 0 Å². The van der Waals surface area contributed by atoms with E-state index >= 15 is 0 Å². The molecule has 0 unspecified atom stereocenters. The maximum atomic E-state index is 12.2. The van der Waals surface area contributed by atoms with Crippen LogP contribution in [0.15, 0.2) is 29.2 Å². The van der Waals surface area contributed by atoms with Gasteiger partial charge in [0.05, 0.1) is 10.6 Å². The molecule has 0 aromatic heterocycles. The van der Waals surface area contributed by atoms with Crippen LogP contribution in [-0.4, -0.2) is 54.4 Å². The Morgan fingerprint density at radius 3 is 2.43 bits per heavy atom. The van der Waals surface area contributed by atoms with Crippen LogP contribution in [0.1, 0.15) is 0 Å². The molecule has 2 rings (SSSR count). The summed E-state index contributed by atoms with van der Waals surface area (Å²) in [6.07, 6.45) is 0. The van der Waals surface area contributed by atoms with Gasteiger partial charge in [0, 0.05) is 26.2 Å². The minimum Gasteiger partial charge on any atom is -0.314 e. The fourth-order valence-corrected chi connectivity index (χ4v) is 3.94. The molecule has 1 aromatic carbocycles. The van der Waals surface area contributed by atoms with Crippen molar-refractivity contribution < 1.29 is 16.8 Å². The number of rotatable bonds is 5. The SMILES string of the molecule is CNS(=O)(=O)c1cccc(NS(=O)(=O)N2CCNCC2)c1. The largest absolute Gasteiger partial charge is 0.314 e. The van der Waals surface area contributed by atoms with Gasteiger partial charge in [0.25, 0.3) is 0 Å². The summed E-state index contributed by atoms with van der Waals surface area (Å²) in [7, 11) is -5.99. The van der Waals surface area contributed by atoms with E-state index in [-0.39, 0.29) is 10.6 Å². The molecular formula is C11H18N4O4S2. The number of anilines is 1. The van der Waals surface area contributed by atoms with Crippen molar-refractivity contribution >= 4 is 25.9 Å². The fraction of sp³-hybridized carbons (Fsp3) is 0.455. The Bertz CT molecular complexity index is 697. The number of sulfonamides is 1. The lowest BCUT2D eigenvalue weighted by atomic mass is 10.3. The van der Waals surface area contributed by atoms with Crippen LogP contribution in [-0.2, 0) is 20.2 Å². The van der Waals surface area contributed by atoms with Gasteiger partial charge in [-0.25, -0.2) is 13.1 Å². The van der Waals surface area contributed by atoms with E-state index < -0.39 is 20.2 Å². The van der Waals surface area contributed by atoms with E-state index in [1.54, 1.807) is 0 Å². The Balaban J connectivity index is 2.21. The number of hydrogen-bond donors (Lipinski definition) is 3. The van der Waals surface area contributed by atoms with E-state index in [9.17, 15) is 16.8 Å². The first-order chi connectivity index (χ1) is 9.85. The Morgan fingerprint density at radius 2 is 1.81 bits per heavy atom. The van der Waals surface area contributed by atoms with Gasteiger partial charge in [0.2, 0.25) is 10.0 Å². The molecular weight excluding hydrogens is 316 g/mol. The molecule has 1 aliphatic rings. The van der Waals surface area contributed by atoms with Gasteiger partial charge in [0.1, 0.15) is 0 Å². The Labute approximate surface area is 124 Å². The minimum absolute atomic E-state index is 0.00510. The van der Waals surface area contributed by atoms with Crippen molar-refractivity contribution in [2.75, 3.05) is 37.9 Å². The molecule has 21 heavy (non-hydrogen) atoms. The summed E-state index contributed by atoms with van der Waals surface area (Å²) in [4.78, 5) is 0.00510. The zero-order valence-corrected chi connectivity index (χ0v) is 13.2. The van der Waals surface area contributed by atoms with Gasteiger partial charge in [-0.2, -0.15) is 12.7 Å². The maximum Gasteiger partial charge on any atom is 0.301 e. The van der Waals surface area contributed by atoms with E-state index in [0.717, 1.165) is 0 Å². The highest BCUT2D eigenvalue weighted by Crippen LogP contribution is 2.17. The van der Waals surface area contributed by atoms with Crippen LogP contribution in [0, 0.1) is 0 Å². The average Bonchev–Trinajstić information content (AvgIpc) is 2.48. The zero-order valence-electron chi connectivity index (χ0n) is 11.5. The van der Waals surface area contributed by atoms with Crippen LogP contribution in [0.5, 0.6) is 0 Å². The van der Waals surface area contributed by atoms with Gasteiger partial charge >= 0.3 is 10.2 Å². The predicted octanol–water partition coefficient (Wildman–Crippen LogP) is -0.843. The third-order valence-corrected chi connectivity index (χ3v) is 6.03. The normalized spacial score (nSPS) is 17.6.